The summed E-state index contributed by atoms with van der Waals surface area (Å²) in [5, 5.41) is 17.9. The first kappa shape index (κ1) is 15.0. The molecule has 112 valence electrons. The number of ether oxygens (including phenoxy) is 1. The predicted octanol–water partition coefficient (Wildman–Crippen LogP) is 0.714. The third kappa shape index (κ3) is 4.57. The van der Waals surface area contributed by atoms with Crippen molar-refractivity contribution in [1.29, 1.82) is 0 Å². The van der Waals surface area contributed by atoms with Crippen LogP contribution in [0.25, 0.3) is 0 Å². The van der Waals surface area contributed by atoms with E-state index in [2.05, 4.69) is 10.3 Å². The average Bonchev–Trinajstić information content (AvgIpc) is 2.86. The number of hydrogen-bond acceptors (Lipinski definition) is 5. The number of aliphatic hydroxyl groups is 1. The highest BCUT2D eigenvalue weighted by Gasteiger charge is 2.19. The van der Waals surface area contributed by atoms with Crippen molar-refractivity contribution in [1.82, 2.24) is 15.0 Å². The molecule has 0 saturated heterocycles. The lowest BCUT2D eigenvalue weighted by atomic mass is 10.1. The van der Waals surface area contributed by atoms with E-state index in [9.17, 15) is 9.90 Å². The van der Waals surface area contributed by atoms with Crippen LogP contribution in [0, 0.1) is 0 Å². The molecule has 0 bridgehead atoms. The standard InChI is InChI=1S/C14H18N4O3/c1-10(21-14(15)20)13(19)7-12-9-18(17-16-12)8-11-5-3-2-4-6-11/h2-6,9-10,13,19H,7-8H2,1H3,(H2,15,20)/t10-,13?/m0/s1. The van der Waals surface area contributed by atoms with Crippen LogP contribution in [0.2, 0.25) is 0 Å². The van der Waals surface area contributed by atoms with Gasteiger partial charge in [0, 0.05) is 12.6 Å². The third-order valence-corrected chi connectivity index (χ3v) is 3.04. The van der Waals surface area contributed by atoms with Gasteiger partial charge in [-0.1, -0.05) is 35.5 Å². The number of aliphatic hydroxyl groups excluding tert-OH is 1. The Morgan fingerprint density at radius 1 is 1.43 bits per heavy atom. The van der Waals surface area contributed by atoms with E-state index in [-0.39, 0.29) is 6.42 Å². The van der Waals surface area contributed by atoms with Crippen molar-refractivity contribution in [3.8, 4) is 0 Å². The molecule has 1 aromatic carbocycles. The summed E-state index contributed by atoms with van der Waals surface area (Å²) in [6, 6.07) is 9.87. The fraction of sp³-hybridized carbons (Fsp3) is 0.357. The van der Waals surface area contributed by atoms with Gasteiger partial charge in [0.1, 0.15) is 6.10 Å². The van der Waals surface area contributed by atoms with Crippen LogP contribution in [0.4, 0.5) is 4.79 Å². The number of carbonyl (C=O) groups is 1. The van der Waals surface area contributed by atoms with E-state index in [1.54, 1.807) is 17.8 Å². The molecule has 1 aromatic heterocycles. The molecule has 2 aromatic rings. The first-order valence-corrected chi connectivity index (χ1v) is 6.61. The van der Waals surface area contributed by atoms with E-state index < -0.39 is 18.3 Å². The number of nitrogens with zero attached hydrogens (tertiary/aromatic N) is 3. The van der Waals surface area contributed by atoms with Crippen LogP contribution < -0.4 is 5.73 Å². The number of amides is 1. The maximum atomic E-state index is 10.6. The summed E-state index contributed by atoms with van der Waals surface area (Å²) in [5.41, 5.74) is 6.64. The highest BCUT2D eigenvalue weighted by atomic mass is 16.6. The molecule has 1 heterocycles. The molecule has 2 rings (SSSR count). The van der Waals surface area contributed by atoms with Gasteiger partial charge >= 0.3 is 6.09 Å². The van der Waals surface area contributed by atoms with Crippen LogP contribution in [0.15, 0.2) is 36.5 Å². The number of primary amides is 1. The van der Waals surface area contributed by atoms with Crippen LogP contribution in [-0.2, 0) is 17.7 Å². The van der Waals surface area contributed by atoms with Gasteiger partial charge in [-0.3, -0.25) is 0 Å². The largest absolute Gasteiger partial charge is 0.444 e. The number of aromatic nitrogens is 3. The minimum Gasteiger partial charge on any atom is -0.444 e. The summed E-state index contributed by atoms with van der Waals surface area (Å²) in [6.45, 7) is 2.18. The highest BCUT2D eigenvalue weighted by Crippen LogP contribution is 2.07. The molecule has 7 heteroatoms. The molecule has 3 N–H and O–H groups in total. The Bertz CT molecular complexity index is 585. The molecular weight excluding hydrogens is 272 g/mol. The quantitative estimate of drug-likeness (QED) is 0.815. The van der Waals surface area contributed by atoms with E-state index in [1.807, 2.05) is 30.3 Å². The Balaban J connectivity index is 1.92. The van der Waals surface area contributed by atoms with Gasteiger partial charge in [0.05, 0.1) is 18.3 Å². The normalized spacial score (nSPS) is 13.6. The molecule has 1 amide bonds. The Kier molecular flexibility index (Phi) is 4.89. The molecule has 7 nitrogen and oxygen atoms in total. The topological polar surface area (TPSA) is 103 Å². The van der Waals surface area contributed by atoms with Crippen molar-refractivity contribution in [3.63, 3.8) is 0 Å². The average molecular weight is 290 g/mol. The number of rotatable bonds is 6. The lowest BCUT2D eigenvalue weighted by Crippen LogP contribution is -2.32. The maximum Gasteiger partial charge on any atom is 0.404 e. The molecule has 0 aliphatic rings. The zero-order chi connectivity index (χ0) is 15.2. The molecule has 2 atom stereocenters. The van der Waals surface area contributed by atoms with Gasteiger partial charge in [0.15, 0.2) is 0 Å². The SMILES string of the molecule is C[C@H](OC(N)=O)C(O)Cc1cn(Cc2ccccc2)nn1. The summed E-state index contributed by atoms with van der Waals surface area (Å²) in [6.07, 6.45) is -0.480. The molecule has 0 fully saturated rings. The van der Waals surface area contributed by atoms with E-state index in [0.717, 1.165) is 5.56 Å². The van der Waals surface area contributed by atoms with Gasteiger partial charge in [0.25, 0.3) is 0 Å². The van der Waals surface area contributed by atoms with Gasteiger partial charge in [0.2, 0.25) is 0 Å². The maximum absolute atomic E-state index is 10.6. The summed E-state index contributed by atoms with van der Waals surface area (Å²) in [5.74, 6) is 0. The minimum atomic E-state index is -0.908. The van der Waals surface area contributed by atoms with Crippen LogP contribution in [0.3, 0.4) is 0 Å². The smallest absolute Gasteiger partial charge is 0.404 e. The van der Waals surface area contributed by atoms with Crippen LogP contribution in [-0.4, -0.2) is 38.4 Å². The Hall–Kier alpha value is -2.41. The molecule has 0 aliphatic heterocycles. The van der Waals surface area contributed by atoms with Crippen LogP contribution in [0.5, 0.6) is 0 Å². The van der Waals surface area contributed by atoms with Gasteiger partial charge < -0.3 is 15.6 Å². The Labute approximate surface area is 122 Å². The van der Waals surface area contributed by atoms with Crippen LogP contribution >= 0.6 is 0 Å². The fourth-order valence-electron chi connectivity index (χ4n) is 1.92. The van der Waals surface area contributed by atoms with Crippen molar-refractivity contribution >= 4 is 6.09 Å². The zero-order valence-electron chi connectivity index (χ0n) is 11.7. The Morgan fingerprint density at radius 3 is 2.81 bits per heavy atom. The lowest BCUT2D eigenvalue weighted by Gasteiger charge is -2.16. The van der Waals surface area contributed by atoms with E-state index in [4.69, 9.17) is 10.5 Å². The summed E-state index contributed by atoms with van der Waals surface area (Å²) < 4.78 is 6.41. The summed E-state index contributed by atoms with van der Waals surface area (Å²) in [4.78, 5) is 10.6. The molecule has 0 aliphatic carbocycles. The molecule has 0 radical (unpaired) electrons. The highest BCUT2D eigenvalue weighted by molar-refractivity contribution is 5.64. The monoisotopic (exact) mass is 290 g/mol. The van der Waals surface area contributed by atoms with Gasteiger partial charge in [-0.05, 0) is 12.5 Å². The predicted molar refractivity (Wildman–Crippen MR) is 75.4 cm³/mol. The molecule has 1 unspecified atom stereocenters. The lowest BCUT2D eigenvalue weighted by molar-refractivity contribution is 0.0167. The molecule has 21 heavy (non-hydrogen) atoms. The summed E-state index contributed by atoms with van der Waals surface area (Å²) >= 11 is 0. The van der Waals surface area contributed by atoms with Crippen molar-refractivity contribution in [3.05, 3.63) is 47.8 Å². The molecule has 0 spiro atoms. The first-order chi connectivity index (χ1) is 10.0. The van der Waals surface area contributed by atoms with Crippen molar-refractivity contribution < 1.29 is 14.6 Å². The van der Waals surface area contributed by atoms with E-state index in [0.29, 0.717) is 12.2 Å². The second kappa shape index (κ2) is 6.85. The second-order valence-corrected chi connectivity index (χ2v) is 4.81. The van der Waals surface area contributed by atoms with Crippen molar-refractivity contribution in [2.75, 3.05) is 0 Å². The van der Waals surface area contributed by atoms with Crippen molar-refractivity contribution in [2.45, 2.75) is 32.1 Å². The van der Waals surface area contributed by atoms with E-state index in [1.165, 1.54) is 0 Å². The van der Waals surface area contributed by atoms with Gasteiger partial charge in [-0.15, -0.1) is 5.10 Å². The van der Waals surface area contributed by atoms with E-state index >= 15 is 0 Å². The zero-order valence-corrected chi connectivity index (χ0v) is 11.7. The molecular formula is C14H18N4O3. The number of benzene rings is 1. The number of nitrogens with two attached hydrogens (primary N) is 1. The third-order valence-electron chi connectivity index (χ3n) is 3.04. The fourth-order valence-corrected chi connectivity index (χ4v) is 1.92. The molecule has 0 saturated carbocycles. The van der Waals surface area contributed by atoms with Gasteiger partial charge in [-0.25, -0.2) is 9.48 Å². The summed E-state index contributed by atoms with van der Waals surface area (Å²) in [7, 11) is 0. The number of hydrogen-bond donors (Lipinski definition) is 2. The minimum absolute atomic E-state index is 0.239. The first-order valence-electron chi connectivity index (χ1n) is 6.61. The Morgan fingerprint density at radius 2 is 2.14 bits per heavy atom. The second-order valence-electron chi connectivity index (χ2n) is 4.81. The number of carbonyl (C=O) groups excluding carboxylic acids is 1. The van der Waals surface area contributed by atoms with Crippen molar-refractivity contribution in [2.24, 2.45) is 5.73 Å². The van der Waals surface area contributed by atoms with Gasteiger partial charge in [-0.2, -0.15) is 0 Å². The van der Waals surface area contributed by atoms with Crippen LogP contribution in [0.1, 0.15) is 18.2 Å².